The second-order valence-electron chi connectivity index (χ2n) is 11.9. The number of benzene rings is 3. The zero-order valence-corrected chi connectivity index (χ0v) is 27.1. The molecule has 52 heavy (non-hydrogen) atoms. The van der Waals surface area contributed by atoms with Crippen molar-refractivity contribution in [2.24, 2.45) is 0 Å². The molecule has 0 saturated heterocycles. The number of hydrogen-bond donors (Lipinski definition) is 2. The minimum absolute atomic E-state index is 0.0165. The van der Waals surface area contributed by atoms with E-state index in [1.165, 1.54) is 48.8 Å². The lowest BCUT2D eigenvalue weighted by atomic mass is 10.1. The van der Waals surface area contributed by atoms with E-state index in [2.05, 4.69) is 15.3 Å². The maximum Gasteiger partial charge on any atom is 0.366 e. The van der Waals surface area contributed by atoms with Crippen LogP contribution in [-0.4, -0.2) is 35.8 Å². The number of aromatic hydroxyl groups is 1. The molecule has 0 bridgehead atoms. The Bertz CT molecular complexity index is 2610. The molecule has 0 spiro atoms. The molecule has 7 rings (SSSR count). The SMILES string of the molecule is O=C(Oc1c(C(=O)NCc2ccccc2)nc2ccc(Cc3ccc(F)cc3)cn2c1=O)c1nc2ccc(Cc3ccc(F)cc3)cn2c(=O)c1O. The molecule has 11 nitrogen and oxygen atoms in total. The predicted octanol–water partition coefficient (Wildman–Crippen LogP) is 5.02. The van der Waals surface area contributed by atoms with Gasteiger partial charge in [-0.05, 0) is 77.1 Å². The fourth-order valence-corrected chi connectivity index (χ4v) is 5.62. The molecule has 0 atom stereocenters. The summed E-state index contributed by atoms with van der Waals surface area (Å²) in [5, 5.41) is 13.5. The monoisotopic (exact) mass is 699 g/mol. The molecule has 7 aromatic rings. The van der Waals surface area contributed by atoms with Gasteiger partial charge in [0.1, 0.15) is 22.9 Å². The topological polar surface area (TPSA) is 144 Å². The molecule has 2 N–H and O–H groups in total. The molecular formula is C39H27F2N5O6. The zero-order chi connectivity index (χ0) is 36.4. The second-order valence-corrected chi connectivity index (χ2v) is 11.9. The van der Waals surface area contributed by atoms with Crippen molar-refractivity contribution in [3.63, 3.8) is 0 Å². The Labute approximate surface area is 293 Å². The van der Waals surface area contributed by atoms with Gasteiger partial charge in [-0.25, -0.2) is 23.5 Å². The van der Waals surface area contributed by atoms with Gasteiger partial charge in [0.05, 0.1) is 0 Å². The van der Waals surface area contributed by atoms with Crippen LogP contribution in [0.3, 0.4) is 0 Å². The molecule has 4 heterocycles. The van der Waals surface area contributed by atoms with Gasteiger partial charge in [0.2, 0.25) is 11.5 Å². The van der Waals surface area contributed by atoms with Crippen molar-refractivity contribution in [3.8, 4) is 11.5 Å². The van der Waals surface area contributed by atoms with Gasteiger partial charge in [-0.3, -0.25) is 23.2 Å². The van der Waals surface area contributed by atoms with Crippen LogP contribution in [-0.2, 0) is 19.4 Å². The van der Waals surface area contributed by atoms with Gasteiger partial charge in [-0.2, -0.15) is 0 Å². The molecule has 0 radical (unpaired) electrons. The number of amides is 1. The number of aromatic nitrogens is 4. The van der Waals surface area contributed by atoms with E-state index in [0.717, 1.165) is 25.5 Å². The number of rotatable bonds is 9. The van der Waals surface area contributed by atoms with Crippen LogP contribution < -0.4 is 21.2 Å². The van der Waals surface area contributed by atoms with Crippen molar-refractivity contribution in [2.75, 3.05) is 0 Å². The fraction of sp³-hybridized carbons (Fsp3) is 0.0769. The highest BCUT2D eigenvalue weighted by Gasteiger charge is 2.27. The van der Waals surface area contributed by atoms with Gasteiger partial charge in [0.15, 0.2) is 11.4 Å². The number of halogens is 2. The smallest absolute Gasteiger partial charge is 0.366 e. The molecule has 3 aromatic carbocycles. The maximum absolute atomic E-state index is 14.0. The summed E-state index contributed by atoms with van der Waals surface area (Å²) in [6.07, 6.45) is 3.55. The summed E-state index contributed by atoms with van der Waals surface area (Å²) in [4.78, 5) is 62.8. The Hall–Kier alpha value is -7.02. The summed E-state index contributed by atoms with van der Waals surface area (Å²) < 4.78 is 34.4. The normalized spacial score (nSPS) is 11.1. The van der Waals surface area contributed by atoms with Crippen molar-refractivity contribution in [3.05, 3.63) is 187 Å². The average molecular weight is 700 g/mol. The molecule has 0 unspecified atom stereocenters. The number of carbonyl (C=O) groups is 2. The third-order valence-corrected chi connectivity index (χ3v) is 8.25. The minimum Gasteiger partial charge on any atom is -0.501 e. The summed E-state index contributed by atoms with van der Waals surface area (Å²) in [6, 6.07) is 26.9. The maximum atomic E-state index is 14.0. The van der Waals surface area contributed by atoms with Gasteiger partial charge < -0.3 is 15.2 Å². The standard InChI is InChI=1S/C39H27F2N5O6/c40-28-12-6-23(7-13-28)18-26-10-16-30-43-32(34(47)37(49)45(30)21-26)39(51)52-35-33(36(48)42-20-25-4-2-1-3-5-25)44-31-17-11-27(22-46(31)38(35)50)19-24-8-14-29(41)15-9-24/h1-17,21-22,47H,18-20H2,(H,42,48). The molecule has 4 aromatic heterocycles. The second kappa shape index (κ2) is 14.1. The van der Waals surface area contributed by atoms with E-state index in [1.807, 2.05) is 6.07 Å². The number of hydrogen-bond acceptors (Lipinski definition) is 8. The van der Waals surface area contributed by atoms with Crippen molar-refractivity contribution in [1.82, 2.24) is 24.1 Å². The van der Waals surface area contributed by atoms with Crippen molar-refractivity contribution in [1.29, 1.82) is 0 Å². The predicted molar refractivity (Wildman–Crippen MR) is 186 cm³/mol. The zero-order valence-electron chi connectivity index (χ0n) is 27.1. The Morgan fingerprint density at radius 1 is 0.635 bits per heavy atom. The van der Waals surface area contributed by atoms with E-state index in [-0.39, 0.29) is 23.7 Å². The van der Waals surface area contributed by atoms with Crippen LogP contribution in [0.5, 0.6) is 11.5 Å². The van der Waals surface area contributed by atoms with Gasteiger partial charge in [-0.1, -0.05) is 66.7 Å². The van der Waals surface area contributed by atoms with E-state index >= 15 is 0 Å². The van der Waals surface area contributed by atoms with Crippen LogP contribution in [0.1, 0.15) is 48.8 Å². The Morgan fingerprint density at radius 3 is 1.69 bits per heavy atom. The molecule has 0 aliphatic heterocycles. The van der Waals surface area contributed by atoms with Crippen LogP contribution in [0, 0.1) is 11.6 Å². The van der Waals surface area contributed by atoms with Crippen LogP contribution in [0.4, 0.5) is 8.78 Å². The number of ether oxygens (including phenoxy) is 1. The number of fused-ring (bicyclic) bond motifs is 2. The first-order chi connectivity index (χ1) is 25.1. The number of carbonyl (C=O) groups excluding carboxylic acids is 2. The summed E-state index contributed by atoms with van der Waals surface area (Å²) in [7, 11) is 0. The Kier molecular flexibility index (Phi) is 9.06. The average Bonchev–Trinajstić information content (AvgIpc) is 3.15. The molecule has 0 aliphatic rings. The molecule has 0 saturated carbocycles. The number of pyridine rings is 2. The first kappa shape index (κ1) is 33.5. The first-order valence-corrected chi connectivity index (χ1v) is 16.0. The van der Waals surface area contributed by atoms with Crippen LogP contribution >= 0.6 is 0 Å². The van der Waals surface area contributed by atoms with Gasteiger partial charge in [0, 0.05) is 18.9 Å². The summed E-state index contributed by atoms with van der Waals surface area (Å²) in [6.45, 7) is 0.0671. The van der Waals surface area contributed by atoms with Gasteiger partial charge in [0.25, 0.3) is 5.91 Å². The van der Waals surface area contributed by atoms with Crippen molar-refractivity contribution >= 4 is 23.2 Å². The lowest BCUT2D eigenvalue weighted by molar-refractivity contribution is 0.0718. The summed E-state index contributed by atoms with van der Waals surface area (Å²) in [5.74, 6) is -4.80. The Morgan fingerprint density at radius 2 is 1.13 bits per heavy atom. The van der Waals surface area contributed by atoms with Gasteiger partial charge >= 0.3 is 17.1 Å². The van der Waals surface area contributed by atoms with E-state index in [0.29, 0.717) is 24.0 Å². The third-order valence-electron chi connectivity index (χ3n) is 8.25. The fourth-order valence-electron chi connectivity index (χ4n) is 5.62. The summed E-state index contributed by atoms with van der Waals surface area (Å²) >= 11 is 0. The van der Waals surface area contributed by atoms with E-state index in [9.17, 15) is 33.1 Å². The molecule has 1 amide bonds. The highest BCUT2D eigenvalue weighted by Crippen LogP contribution is 2.20. The lowest BCUT2D eigenvalue weighted by Crippen LogP contribution is -2.31. The minimum atomic E-state index is -1.38. The van der Waals surface area contributed by atoms with E-state index in [4.69, 9.17) is 4.74 Å². The quantitative estimate of drug-likeness (QED) is 0.200. The highest BCUT2D eigenvalue weighted by atomic mass is 19.1. The number of nitrogens with one attached hydrogen (secondary N) is 1. The van der Waals surface area contributed by atoms with Crippen LogP contribution in [0.15, 0.2) is 125 Å². The highest BCUT2D eigenvalue weighted by molar-refractivity contribution is 5.98. The molecule has 0 aliphatic carbocycles. The molecular weight excluding hydrogens is 672 g/mol. The lowest BCUT2D eigenvalue weighted by Gasteiger charge is -2.13. The summed E-state index contributed by atoms with van der Waals surface area (Å²) in [5.41, 5.74) is 0.388. The van der Waals surface area contributed by atoms with E-state index < -0.39 is 51.7 Å². The first-order valence-electron chi connectivity index (χ1n) is 16.0. The van der Waals surface area contributed by atoms with Crippen LogP contribution in [0.2, 0.25) is 0 Å². The number of nitrogens with zero attached hydrogens (tertiary/aromatic N) is 4. The van der Waals surface area contributed by atoms with Gasteiger partial charge in [-0.15, -0.1) is 0 Å². The molecule has 258 valence electrons. The van der Waals surface area contributed by atoms with E-state index in [1.54, 1.807) is 60.7 Å². The number of esters is 1. The molecule has 0 fully saturated rings. The molecule has 13 heteroatoms. The Balaban J connectivity index is 1.24. The largest absolute Gasteiger partial charge is 0.501 e. The third kappa shape index (κ3) is 7.01. The van der Waals surface area contributed by atoms with Crippen LogP contribution in [0.25, 0.3) is 11.3 Å². The van der Waals surface area contributed by atoms with Crippen molar-refractivity contribution < 1.29 is 28.2 Å². The van der Waals surface area contributed by atoms with Crippen molar-refractivity contribution in [2.45, 2.75) is 19.4 Å².